The minimum atomic E-state index is 0.156. The van der Waals surface area contributed by atoms with Crippen LogP contribution in [0.15, 0.2) is 27.7 Å². The van der Waals surface area contributed by atoms with E-state index in [9.17, 15) is 4.79 Å². The van der Waals surface area contributed by atoms with Crippen LogP contribution in [0.5, 0.6) is 0 Å². The molecule has 1 aliphatic heterocycles. The molecule has 0 aliphatic carbocycles. The third-order valence-electron chi connectivity index (χ3n) is 3.06. The second-order valence-electron chi connectivity index (χ2n) is 4.90. The molecule has 20 heavy (non-hydrogen) atoms. The Kier molecular flexibility index (Phi) is 9.79. The first-order valence-electron chi connectivity index (χ1n) is 7.41. The first-order valence-corrected chi connectivity index (χ1v) is 9.09. The first kappa shape index (κ1) is 17.5. The maximum Gasteiger partial charge on any atom is 0.260 e. The van der Waals surface area contributed by atoms with Crippen LogP contribution < -0.4 is 5.56 Å². The van der Waals surface area contributed by atoms with Crippen molar-refractivity contribution in [2.45, 2.75) is 52.0 Å². The molecule has 0 atom stereocenters. The van der Waals surface area contributed by atoms with Crippen molar-refractivity contribution in [1.29, 1.82) is 0 Å². The summed E-state index contributed by atoms with van der Waals surface area (Å²) in [6.45, 7) is 4.23. The Morgan fingerprint density at radius 1 is 1.20 bits per heavy atom. The summed E-state index contributed by atoms with van der Waals surface area (Å²) in [5.41, 5.74) is 0.156. The van der Waals surface area contributed by atoms with E-state index in [1.165, 1.54) is 43.6 Å². The molecule has 0 bridgehead atoms. The second kappa shape index (κ2) is 11.2. The van der Waals surface area contributed by atoms with E-state index in [2.05, 4.69) is 29.8 Å². The number of aromatic nitrogens is 1. The van der Waals surface area contributed by atoms with E-state index in [4.69, 9.17) is 0 Å². The molecule has 1 aromatic heterocycles. The summed E-state index contributed by atoms with van der Waals surface area (Å²) >= 11 is 3.27. The minimum Gasteiger partial charge on any atom is -0.268 e. The van der Waals surface area contributed by atoms with Crippen LogP contribution in [0.2, 0.25) is 0 Å². The zero-order chi connectivity index (χ0) is 14.6. The van der Waals surface area contributed by atoms with Crippen molar-refractivity contribution in [3.63, 3.8) is 0 Å². The van der Waals surface area contributed by atoms with Gasteiger partial charge in [0.1, 0.15) is 0 Å². The average molecular weight is 315 g/mol. The fourth-order valence-corrected chi connectivity index (χ4v) is 3.15. The van der Waals surface area contributed by atoms with Gasteiger partial charge in [0.05, 0.1) is 0 Å². The molecule has 3 nitrogen and oxygen atoms in total. The largest absolute Gasteiger partial charge is 0.268 e. The van der Waals surface area contributed by atoms with Gasteiger partial charge in [-0.05, 0) is 18.9 Å². The van der Waals surface area contributed by atoms with Crippen molar-refractivity contribution in [2.75, 3.05) is 13.6 Å². The molecule has 1 aromatic rings. The molecule has 2 heterocycles. The van der Waals surface area contributed by atoms with Gasteiger partial charge in [0.2, 0.25) is 0 Å². The lowest BCUT2D eigenvalue weighted by atomic mass is 10.1. The van der Waals surface area contributed by atoms with Crippen molar-refractivity contribution in [1.82, 2.24) is 8.26 Å². The van der Waals surface area contributed by atoms with E-state index in [-0.39, 0.29) is 5.56 Å². The van der Waals surface area contributed by atoms with Crippen LogP contribution in [0.3, 0.4) is 0 Å². The Balaban J connectivity index is 0.000000276. The molecule has 0 saturated carbocycles. The van der Waals surface area contributed by atoms with Gasteiger partial charge in [-0.15, -0.1) is 0 Å². The molecule has 0 saturated heterocycles. The van der Waals surface area contributed by atoms with E-state index in [0.29, 0.717) is 0 Å². The number of rotatable bonds is 7. The average Bonchev–Trinajstić information content (AvgIpc) is 3.06. The number of aryl methyl sites for hydroxylation is 1. The van der Waals surface area contributed by atoms with Crippen LogP contribution >= 0.6 is 23.5 Å². The summed E-state index contributed by atoms with van der Waals surface area (Å²) in [6, 6.07) is 1.64. The predicted molar refractivity (Wildman–Crippen MR) is 91.3 cm³/mol. The fourth-order valence-electron chi connectivity index (χ4n) is 1.88. The second-order valence-corrected chi connectivity index (χ2v) is 6.93. The lowest BCUT2D eigenvalue weighted by Crippen LogP contribution is -2.11. The van der Waals surface area contributed by atoms with Crippen LogP contribution in [0, 0.1) is 0 Å². The summed E-state index contributed by atoms with van der Waals surface area (Å²) in [7, 11) is 2.07. The van der Waals surface area contributed by atoms with Gasteiger partial charge < -0.3 is 0 Å². The fraction of sp³-hybridized carbons (Fsp3) is 0.667. The van der Waals surface area contributed by atoms with E-state index >= 15 is 0 Å². The number of nitrogens with zero attached hydrogens (tertiary/aromatic N) is 2. The quantitative estimate of drug-likeness (QED) is 0.552. The van der Waals surface area contributed by atoms with E-state index in [1.54, 1.807) is 18.0 Å². The van der Waals surface area contributed by atoms with Crippen LogP contribution in [-0.4, -0.2) is 21.9 Å². The van der Waals surface area contributed by atoms with Gasteiger partial charge in [0.25, 0.3) is 5.56 Å². The highest BCUT2D eigenvalue weighted by Gasteiger charge is 1.96. The standard InChI is InChI=1S/C11H19NOS.C4H7NS/c1-2-3-4-5-6-7-9-12-11(13)8-10-14-12;1-5-3-2-4-6-5/h8,10H,2-7,9H2,1H3;2,4H,3H2,1H3. The number of likely N-dealkylation sites (N-methyl/N-ethyl adjacent to an activating group) is 1. The molecule has 2 rings (SSSR count). The molecule has 0 aromatic carbocycles. The molecular weight excluding hydrogens is 288 g/mol. The zero-order valence-electron chi connectivity index (χ0n) is 12.6. The monoisotopic (exact) mass is 314 g/mol. The highest BCUT2D eigenvalue weighted by atomic mass is 32.2. The number of unbranched alkanes of at least 4 members (excludes halogenated alkanes) is 5. The Morgan fingerprint density at radius 2 is 1.95 bits per heavy atom. The number of hydrogen-bond acceptors (Lipinski definition) is 4. The van der Waals surface area contributed by atoms with Crippen LogP contribution in [0.25, 0.3) is 0 Å². The smallest absolute Gasteiger partial charge is 0.260 e. The Labute approximate surface area is 131 Å². The van der Waals surface area contributed by atoms with Crippen molar-refractivity contribution >= 4 is 23.5 Å². The topological polar surface area (TPSA) is 25.2 Å². The van der Waals surface area contributed by atoms with E-state index < -0.39 is 0 Å². The number of hydrogen-bond donors (Lipinski definition) is 0. The summed E-state index contributed by atoms with van der Waals surface area (Å²) in [5, 5.41) is 3.96. The molecule has 0 fully saturated rings. The van der Waals surface area contributed by atoms with Gasteiger partial charge in [-0.25, -0.2) is 4.31 Å². The van der Waals surface area contributed by atoms with Crippen LogP contribution in [-0.2, 0) is 6.54 Å². The molecule has 0 amide bonds. The minimum absolute atomic E-state index is 0.156. The zero-order valence-corrected chi connectivity index (χ0v) is 14.2. The summed E-state index contributed by atoms with van der Waals surface area (Å²) in [6.07, 6.45) is 9.84. The van der Waals surface area contributed by atoms with E-state index in [1.807, 2.05) is 9.34 Å². The molecule has 0 spiro atoms. The normalized spacial score (nSPS) is 14.3. The van der Waals surface area contributed by atoms with Gasteiger partial charge in [-0.2, -0.15) is 0 Å². The first-order chi connectivity index (χ1) is 9.74. The molecule has 0 unspecified atom stereocenters. The van der Waals surface area contributed by atoms with Gasteiger partial charge in [-0.3, -0.25) is 8.75 Å². The van der Waals surface area contributed by atoms with Gasteiger partial charge in [-0.1, -0.05) is 68.6 Å². The van der Waals surface area contributed by atoms with E-state index in [0.717, 1.165) is 19.5 Å². The highest BCUT2D eigenvalue weighted by molar-refractivity contribution is 8.00. The molecular formula is C15H26N2OS2. The maximum absolute atomic E-state index is 11.2. The van der Waals surface area contributed by atoms with Gasteiger partial charge in [0, 0.05) is 24.5 Å². The van der Waals surface area contributed by atoms with Crippen molar-refractivity contribution in [3.8, 4) is 0 Å². The predicted octanol–water partition coefficient (Wildman–Crippen LogP) is 4.36. The highest BCUT2D eigenvalue weighted by Crippen LogP contribution is 2.13. The van der Waals surface area contributed by atoms with Crippen LogP contribution in [0.1, 0.15) is 45.4 Å². The van der Waals surface area contributed by atoms with Crippen molar-refractivity contribution in [3.05, 3.63) is 33.3 Å². The molecule has 0 radical (unpaired) electrons. The Morgan fingerprint density at radius 3 is 2.45 bits per heavy atom. The lowest BCUT2D eigenvalue weighted by molar-refractivity contribution is 0.569. The SMILES string of the molecule is CCCCCCCCn1sccc1=O.CN1CC=CS1. The molecule has 1 aliphatic rings. The third kappa shape index (κ3) is 7.92. The summed E-state index contributed by atoms with van der Waals surface area (Å²) in [4.78, 5) is 11.2. The van der Waals surface area contributed by atoms with Gasteiger partial charge >= 0.3 is 0 Å². The molecule has 114 valence electrons. The summed E-state index contributed by atoms with van der Waals surface area (Å²) in [5.74, 6) is 0. The summed E-state index contributed by atoms with van der Waals surface area (Å²) < 4.78 is 4.00. The van der Waals surface area contributed by atoms with Crippen molar-refractivity contribution < 1.29 is 0 Å². The van der Waals surface area contributed by atoms with Gasteiger partial charge in [0.15, 0.2) is 0 Å². The van der Waals surface area contributed by atoms with Crippen LogP contribution in [0.4, 0.5) is 0 Å². The molecule has 0 N–H and O–H groups in total. The molecule has 5 heteroatoms. The Bertz CT molecular complexity index is 418. The third-order valence-corrected chi connectivity index (χ3v) is 4.76. The maximum atomic E-state index is 11.2. The Hall–Kier alpha value is -0.520. The lowest BCUT2D eigenvalue weighted by Gasteiger charge is -2.00. The van der Waals surface area contributed by atoms with Crippen molar-refractivity contribution in [2.24, 2.45) is 0 Å².